The lowest BCUT2D eigenvalue weighted by molar-refractivity contribution is 0.477. The number of hydrogen-bond donors (Lipinski definition) is 1. The largest absolute Gasteiger partial charge is 0.360 e. The van der Waals surface area contributed by atoms with Gasteiger partial charge in [0.2, 0.25) is 0 Å². The molecule has 1 N–H and O–H groups in total. The molecule has 0 fully saturated rings. The third-order valence-corrected chi connectivity index (χ3v) is 3.97. The minimum Gasteiger partial charge on any atom is -0.269 e. The van der Waals surface area contributed by atoms with E-state index >= 15 is 0 Å². The van der Waals surface area contributed by atoms with E-state index in [9.17, 15) is 13.0 Å². The molecule has 2 aromatic carbocycles. The molecule has 0 bridgehead atoms. The number of aryl methyl sites for hydroxylation is 1. The molecule has 0 saturated carbocycles. The molecule has 2 rings (SSSR count). The van der Waals surface area contributed by atoms with Crippen molar-refractivity contribution in [3.05, 3.63) is 65.7 Å². The Kier molecular flexibility index (Phi) is 4.42. The highest BCUT2D eigenvalue weighted by molar-refractivity contribution is 7.87. The van der Waals surface area contributed by atoms with Gasteiger partial charge < -0.3 is 0 Å². The maximum absolute atomic E-state index is 11.7. The highest BCUT2D eigenvalue weighted by Crippen LogP contribution is 2.25. The second-order valence-electron chi connectivity index (χ2n) is 4.45. The first-order chi connectivity index (χ1) is 9.52. The van der Waals surface area contributed by atoms with Crippen LogP contribution in [0.15, 0.2) is 54.6 Å². The number of benzene rings is 2. The van der Waals surface area contributed by atoms with Gasteiger partial charge in [-0.1, -0.05) is 55.5 Å². The number of nitrogens with zero attached hydrogens (tertiary/aromatic N) is 1. The maximum Gasteiger partial charge on any atom is 0.360 e. The normalized spacial score (nSPS) is 11.3. The van der Waals surface area contributed by atoms with Gasteiger partial charge in [-0.05, 0) is 23.6 Å². The number of hydrogen-bond acceptors (Lipinski definition) is 2. The van der Waals surface area contributed by atoms with Crippen LogP contribution in [0.3, 0.4) is 0 Å². The molecule has 0 aromatic heterocycles. The van der Waals surface area contributed by atoms with Gasteiger partial charge in [0.25, 0.3) is 0 Å². The SMILES string of the molecule is CCc1ccccc1N(Cc1ccccc1)S(=O)(=O)O. The van der Waals surface area contributed by atoms with Crippen LogP contribution < -0.4 is 4.31 Å². The molecular weight excluding hydrogens is 274 g/mol. The highest BCUT2D eigenvalue weighted by atomic mass is 32.2. The standard InChI is InChI=1S/C15H17NO3S/c1-2-14-10-6-7-11-15(14)16(20(17,18)19)12-13-8-4-3-5-9-13/h3-11H,2,12H2,1H3,(H,17,18,19). The van der Waals surface area contributed by atoms with Crippen molar-refractivity contribution >= 4 is 16.0 Å². The Morgan fingerprint density at radius 1 is 1.00 bits per heavy atom. The van der Waals surface area contributed by atoms with Crippen LogP contribution in [0.25, 0.3) is 0 Å². The lowest BCUT2D eigenvalue weighted by atomic mass is 10.1. The summed E-state index contributed by atoms with van der Waals surface area (Å²) in [7, 11) is -4.32. The van der Waals surface area contributed by atoms with Crippen molar-refractivity contribution in [2.45, 2.75) is 19.9 Å². The fraction of sp³-hybridized carbons (Fsp3) is 0.200. The summed E-state index contributed by atoms with van der Waals surface area (Å²) in [5.41, 5.74) is 2.21. The summed E-state index contributed by atoms with van der Waals surface area (Å²) >= 11 is 0. The fourth-order valence-electron chi connectivity index (χ4n) is 2.09. The minimum atomic E-state index is -4.32. The average molecular weight is 291 g/mol. The van der Waals surface area contributed by atoms with E-state index in [1.54, 1.807) is 12.1 Å². The molecule has 0 amide bonds. The van der Waals surface area contributed by atoms with Crippen molar-refractivity contribution in [3.63, 3.8) is 0 Å². The smallest absolute Gasteiger partial charge is 0.269 e. The lowest BCUT2D eigenvalue weighted by Gasteiger charge is -2.23. The molecule has 106 valence electrons. The molecule has 0 heterocycles. The number of rotatable bonds is 5. The molecule has 0 aliphatic rings. The van der Waals surface area contributed by atoms with Crippen molar-refractivity contribution in [2.24, 2.45) is 0 Å². The van der Waals surface area contributed by atoms with Gasteiger partial charge in [0, 0.05) is 0 Å². The molecule has 4 nitrogen and oxygen atoms in total. The van der Waals surface area contributed by atoms with Gasteiger partial charge in [-0.2, -0.15) is 8.42 Å². The Bertz CT molecular complexity index is 669. The van der Waals surface area contributed by atoms with Crippen LogP contribution in [0.5, 0.6) is 0 Å². The molecule has 5 heteroatoms. The zero-order chi connectivity index (χ0) is 14.6. The summed E-state index contributed by atoms with van der Waals surface area (Å²) in [6.07, 6.45) is 0.691. The van der Waals surface area contributed by atoms with E-state index in [0.717, 1.165) is 15.4 Å². The molecule has 0 aliphatic carbocycles. The topological polar surface area (TPSA) is 57.6 Å². The highest BCUT2D eigenvalue weighted by Gasteiger charge is 2.21. The van der Waals surface area contributed by atoms with Crippen LogP contribution in [0.2, 0.25) is 0 Å². The molecule has 0 radical (unpaired) electrons. The van der Waals surface area contributed by atoms with E-state index in [1.165, 1.54) is 0 Å². The summed E-state index contributed by atoms with van der Waals surface area (Å²) in [5.74, 6) is 0. The zero-order valence-electron chi connectivity index (χ0n) is 11.2. The number of para-hydroxylation sites is 1. The van der Waals surface area contributed by atoms with Crippen LogP contribution in [0.4, 0.5) is 5.69 Å². The van der Waals surface area contributed by atoms with Gasteiger partial charge in [0.05, 0.1) is 12.2 Å². The summed E-state index contributed by atoms with van der Waals surface area (Å²) in [6.45, 7) is 2.06. The first kappa shape index (κ1) is 14.6. The zero-order valence-corrected chi connectivity index (χ0v) is 12.0. The Morgan fingerprint density at radius 2 is 1.60 bits per heavy atom. The second-order valence-corrected chi connectivity index (χ2v) is 5.79. The van der Waals surface area contributed by atoms with Crippen LogP contribution in [-0.2, 0) is 23.3 Å². The van der Waals surface area contributed by atoms with Crippen molar-refractivity contribution < 1.29 is 13.0 Å². The Hall–Kier alpha value is -1.85. The van der Waals surface area contributed by atoms with Crippen molar-refractivity contribution in [1.29, 1.82) is 0 Å². The van der Waals surface area contributed by atoms with E-state index in [0.29, 0.717) is 12.1 Å². The van der Waals surface area contributed by atoms with Crippen molar-refractivity contribution in [2.75, 3.05) is 4.31 Å². The van der Waals surface area contributed by atoms with Crippen LogP contribution in [0.1, 0.15) is 18.1 Å². The van der Waals surface area contributed by atoms with Crippen molar-refractivity contribution in [1.82, 2.24) is 0 Å². The monoisotopic (exact) mass is 291 g/mol. The van der Waals surface area contributed by atoms with Crippen LogP contribution >= 0.6 is 0 Å². The Morgan fingerprint density at radius 3 is 2.20 bits per heavy atom. The quantitative estimate of drug-likeness (QED) is 0.861. The Labute approximate surface area is 119 Å². The van der Waals surface area contributed by atoms with Gasteiger partial charge in [0.1, 0.15) is 0 Å². The van der Waals surface area contributed by atoms with Gasteiger partial charge in [-0.3, -0.25) is 4.55 Å². The first-order valence-corrected chi connectivity index (χ1v) is 7.79. The van der Waals surface area contributed by atoms with Crippen LogP contribution in [-0.4, -0.2) is 13.0 Å². The molecule has 20 heavy (non-hydrogen) atoms. The summed E-state index contributed by atoms with van der Waals surface area (Å²) in [4.78, 5) is 0. The molecule has 2 aromatic rings. The van der Waals surface area contributed by atoms with Gasteiger partial charge in [0.15, 0.2) is 0 Å². The number of anilines is 1. The fourth-order valence-corrected chi connectivity index (χ4v) is 2.83. The molecule has 0 spiro atoms. The van der Waals surface area contributed by atoms with Gasteiger partial charge in [-0.25, -0.2) is 4.31 Å². The molecule has 0 saturated heterocycles. The Balaban J connectivity index is 2.44. The predicted octanol–water partition coefficient (Wildman–Crippen LogP) is 3.06. The second kappa shape index (κ2) is 6.07. The average Bonchev–Trinajstić information content (AvgIpc) is 2.45. The summed E-state index contributed by atoms with van der Waals surface area (Å²) < 4.78 is 33.9. The predicted molar refractivity (Wildman–Crippen MR) is 80.0 cm³/mol. The minimum absolute atomic E-state index is 0.108. The van der Waals surface area contributed by atoms with E-state index in [2.05, 4.69) is 0 Å². The molecule has 0 atom stereocenters. The molecule has 0 aliphatic heterocycles. The molecule has 0 unspecified atom stereocenters. The summed E-state index contributed by atoms with van der Waals surface area (Å²) in [6, 6.07) is 16.4. The van der Waals surface area contributed by atoms with Gasteiger partial charge >= 0.3 is 10.3 Å². The van der Waals surface area contributed by atoms with Crippen LogP contribution in [0, 0.1) is 0 Å². The van der Waals surface area contributed by atoms with E-state index < -0.39 is 10.3 Å². The third kappa shape index (κ3) is 3.37. The van der Waals surface area contributed by atoms with E-state index in [4.69, 9.17) is 0 Å². The molecular formula is C15H17NO3S. The maximum atomic E-state index is 11.7. The lowest BCUT2D eigenvalue weighted by Crippen LogP contribution is -2.30. The van der Waals surface area contributed by atoms with Crippen molar-refractivity contribution in [3.8, 4) is 0 Å². The third-order valence-electron chi connectivity index (χ3n) is 3.09. The van der Waals surface area contributed by atoms with E-state index in [-0.39, 0.29) is 6.54 Å². The summed E-state index contributed by atoms with van der Waals surface area (Å²) in [5, 5.41) is 0. The van der Waals surface area contributed by atoms with Gasteiger partial charge in [-0.15, -0.1) is 0 Å². The van der Waals surface area contributed by atoms with E-state index in [1.807, 2.05) is 49.4 Å². The first-order valence-electron chi connectivity index (χ1n) is 6.39.